The lowest BCUT2D eigenvalue weighted by molar-refractivity contribution is -0.121. The van der Waals surface area contributed by atoms with Crippen molar-refractivity contribution in [3.8, 4) is 0 Å². The highest BCUT2D eigenvalue weighted by Gasteiger charge is 2.15. The first-order chi connectivity index (χ1) is 14.6. The van der Waals surface area contributed by atoms with E-state index in [0.717, 1.165) is 44.8 Å². The van der Waals surface area contributed by atoms with Gasteiger partial charge in [-0.25, -0.2) is 14.5 Å². The monoisotopic (exact) mass is 398 g/mol. The van der Waals surface area contributed by atoms with Crippen molar-refractivity contribution in [2.45, 2.75) is 33.2 Å². The Bertz CT molecular complexity index is 1360. The van der Waals surface area contributed by atoms with Crippen molar-refractivity contribution in [1.82, 2.24) is 29.3 Å². The van der Waals surface area contributed by atoms with Gasteiger partial charge in [-0.1, -0.05) is 18.2 Å². The van der Waals surface area contributed by atoms with Crippen LogP contribution in [0.3, 0.4) is 0 Å². The molecule has 0 atom stereocenters. The minimum atomic E-state index is -0.00317. The number of rotatable bonds is 5. The largest absolute Gasteiger partial charge is 0.350 e. The van der Waals surface area contributed by atoms with Gasteiger partial charge in [-0.15, -0.1) is 0 Å². The molecule has 30 heavy (non-hydrogen) atoms. The van der Waals surface area contributed by atoms with E-state index in [1.54, 1.807) is 0 Å². The van der Waals surface area contributed by atoms with Gasteiger partial charge in [0, 0.05) is 35.6 Å². The van der Waals surface area contributed by atoms with Crippen LogP contribution in [0, 0.1) is 13.8 Å². The van der Waals surface area contributed by atoms with Crippen LogP contribution in [0.1, 0.15) is 29.1 Å². The molecule has 1 N–H and O–H groups in total. The highest BCUT2D eigenvalue weighted by Crippen LogP contribution is 2.22. The quantitative estimate of drug-likeness (QED) is 0.492. The van der Waals surface area contributed by atoms with Crippen LogP contribution in [0.25, 0.3) is 22.2 Å². The third-order valence-electron chi connectivity index (χ3n) is 5.50. The van der Waals surface area contributed by atoms with Crippen molar-refractivity contribution >= 4 is 28.1 Å². The molecule has 0 saturated heterocycles. The number of aryl methyl sites for hydroxylation is 2. The molecule has 5 rings (SSSR count). The van der Waals surface area contributed by atoms with Gasteiger partial charge in [0.1, 0.15) is 5.65 Å². The molecular formula is C23H22N6O. The maximum atomic E-state index is 12.4. The maximum absolute atomic E-state index is 12.4. The molecule has 0 aliphatic heterocycles. The summed E-state index contributed by atoms with van der Waals surface area (Å²) >= 11 is 0. The number of carbonyl (C=O) groups is 1. The molecule has 4 heterocycles. The summed E-state index contributed by atoms with van der Waals surface area (Å²) in [5, 5.41) is 8.70. The number of carbonyl (C=O) groups excluding carboxylic acids is 1. The summed E-state index contributed by atoms with van der Waals surface area (Å²) < 4.78 is 3.84. The second-order valence-corrected chi connectivity index (χ2v) is 7.49. The van der Waals surface area contributed by atoms with E-state index in [1.165, 1.54) is 0 Å². The van der Waals surface area contributed by atoms with Crippen molar-refractivity contribution in [1.29, 1.82) is 0 Å². The van der Waals surface area contributed by atoms with Crippen LogP contribution in [0.2, 0.25) is 0 Å². The number of amides is 1. The molecule has 0 aliphatic rings. The standard InChI is InChI=1S/C23H22N6O/c1-15-18(16(2)29-23(25-15)19-7-3-4-8-20(19)27-29)10-11-22(30)24-13-17-14-28-12-6-5-9-21(28)26-17/h3-9,12,14H,10-11,13H2,1-2H3,(H,24,30). The topological polar surface area (TPSA) is 76.6 Å². The molecule has 4 aromatic heterocycles. The predicted octanol–water partition coefficient (Wildman–Crippen LogP) is 3.40. The summed E-state index contributed by atoms with van der Waals surface area (Å²) in [6, 6.07) is 13.8. The molecule has 1 aromatic carbocycles. The Balaban J connectivity index is 1.30. The molecule has 1 amide bonds. The SMILES string of the molecule is Cc1nc2c3ccccc3nn2c(C)c1CCC(=O)NCc1cn2ccccc2n1. The Morgan fingerprint density at radius 2 is 1.90 bits per heavy atom. The average molecular weight is 398 g/mol. The zero-order valence-corrected chi connectivity index (χ0v) is 17.0. The molecular weight excluding hydrogens is 376 g/mol. The van der Waals surface area contributed by atoms with E-state index < -0.39 is 0 Å². The fraction of sp³-hybridized carbons (Fsp3) is 0.217. The second-order valence-electron chi connectivity index (χ2n) is 7.49. The van der Waals surface area contributed by atoms with E-state index in [4.69, 9.17) is 4.98 Å². The van der Waals surface area contributed by atoms with Gasteiger partial charge in [0.15, 0.2) is 5.65 Å². The number of hydrogen-bond donors (Lipinski definition) is 1. The van der Waals surface area contributed by atoms with Gasteiger partial charge in [0.25, 0.3) is 0 Å². The third kappa shape index (κ3) is 3.18. The third-order valence-corrected chi connectivity index (χ3v) is 5.50. The molecule has 0 spiro atoms. The summed E-state index contributed by atoms with van der Waals surface area (Å²) in [7, 11) is 0. The van der Waals surface area contributed by atoms with Crippen LogP contribution in [0.4, 0.5) is 0 Å². The van der Waals surface area contributed by atoms with Gasteiger partial charge in [0.2, 0.25) is 5.91 Å². The van der Waals surface area contributed by atoms with Crippen LogP contribution >= 0.6 is 0 Å². The summed E-state index contributed by atoms with van der Waals surface area (Å²) in [5.41, 5.74) is 6.54. The lowest BCUT2D eigenvalue weighted by atomic mass is 10.1. The number of pyridine rings is 1. The summed E-state index contributed by atoms with van der Waals surface area (Å²) in [6.07, 6.45) is 4.89. The van der Waals surface area contributed by atoms with Crippen molar-refractivity contribution in [2.75, 3.05) is 0 Å². The fourth-order valence-electron chi connectivity index (χ4n) is 3.93. The van der Waals surface area contributed by atoms with E-state index in [1.807, 2.05) is 77.6 Å². The van der Waals surface area contributed by atoms with Gasteiger partial charge < -0.3 is 9.72 Å². The van der Waals surface area contributed by atoms with Crippen LogP contribution in [0.15, 0.2) is 54.9 Å². The van der Waals surface area contributed by atoms with Crippen LogP contribution in [0.5, 0.6) is 0 Å². The lowest BCUT2D eigenvalue weighted by Crippen LogP contribution is -2.23. The molecule has 0 unspecified atom stereocenters. The number of hydrogen-bond acceptors (Lipinski definition) is 4. The first-order valence-electron chi connectivity index (χ1n) is 10.0. The highest BCUT2D eigenvalue weighted by atomic mass is 16.1. The Morgan fingerprint density at radius 3 is 2.77 bits per heavy atom. The van der Waals surface area contributed by atoms with Gasteiger partial charge in [-0.2, -0.15) is 5.10 Å². The average Bonchev–Trinajstić information content (AvgIpc) is 3.33. The van der Waals surface area contributed by atoms with Crippen LogP contribution in [-0.2, 0) is 17.8 Å². The van der Waals surface area contributed by atoms with Crippen LogP contribution < -0.4 is 5.32 Å². The zero-order chi connectivity index (χ0) is 20.7. The van der Waals surface area contributed by atoms with Crippen molar-refractivity contribution in [3.63, 3.8) is 0 Å². The normalized spacial score (nSPS) is 11.5. The fourth-order valence-corrected chi connectivity index (χ4v) is 3.93. The molecule has 7 heteroatoms. The number of imidazole rings is 1. The van der Waals surface area contributed by atoms with E-state index in [-0.39, 0.29) is 5.91 Å². The number of nitrogens with one attached hydrogen (secondary N) is 1. The summed E-state index contributed by atoms with van der Waals surface area (Å²) in [6.45, 7) is 4.45. The Labute approximate surface area is 173 Å². The summed E-state index contributed by atoms with van der Waals surface area (Å²) in [5.74, 6) is -0.00317. The van der Waals surface area contributed by atoms with Crippen molar-refractivity contribution in [3.05, 3.63) is 77.5 Å². The van der Waals surface area contributed by atoms with E-state index in [2.05, 4.69) is 15.4 Å². The number of benzene rings is 1. The van der Waals surface area contributed by atoms with Gasteiger partial charge in [-0.05, 0) is 50.1 Å². The van der Waals surface area contributed by atoms with E-state index in [9.17, 15) is 4.79 Å². The number of aromatic nitrogens is 5. The first kappa shape index (κ1) is 18.3. The second kappa shape index (κ2) is 7.26. The van der Waals surface area contributed by atoms with Crippen molar-refractivity contribution in [2.24, 2.45) is 0 Å². The molecule has 0 saturated carbocycles. The molecule has 0 bridgehead atoms. The Hall–Kier alpha value is -3.74. The van der Waals surface area contributed by atoms with Gasteiger partial charge >= 0.3 is 0 Å². The molecule has 0 aliphatic carbocycles. The lowest BCUT2D eigenvalue weighted by Gasteiger charge is -2.11. The van der Waals surface area contributed by atoms with Gasteiger partial charge in [0.05, 0.1) is 17.8 Å². The molecule has 150 valence electrons. The summed E-state index contributed by atoms with van der Waals surface area (Å²) in [4.78, 5) is 21.7. The number of nitrogens with zero attached hydrogens (tertiary/aromatic N) is 5. The minimum Gasteiger partial charge on any atom is -0.350 e. The van der Waals surface area contributed by atoms with Gasteiger partial charge in [-0.3, -0.25) is 4.79 Å². The molecule has 5 aromatic rings. The molecule has 0 radical (unpaired) electrons. The Kier molecular flexibility index (Phi) is 4.43. The zero-order valence-electron chi connectivity index (χ0n) is 17.0. The minimum absolute atomic E-state index is 0.00317. The first-order valence-corrected chi connectivity index (χ1v) is 10.0. The van der Waals surface area contributed by atoms with Crippen LogP contribution in [-0.4, -0.2) is 29.9 Å². The predicted molar refractivity (Wildman–Crippen MR) is 115 cm³/mol. The van der Waals surface area contributed by atoms with E-state index >= 15 is 0 Å². The highest BCUT2D eigenvalue weighted by molar-refractivity contribution is 5.92. The van der Waals surface area contributed by atoms with Crippen molar-refractivity contribution < 1.29 is 4.79 Å². The molecule has 7 nitrogen and oxygen atoms in total. The Morgan fingerprint density at radius 1 is 1.07 bits per heavy atom. The number of fused-ring (bicyclic) bond motifs is 4. The smallest absolute Gasteiger partial charge is 0.220 e. The van der Waals surface area contributed by atoms with E-state index in [0.29, 0.717) is 19.4 Å². The molecule has 0 fully saturated rings. The maximum Gasteiger partial charge on any atom is 0.220 e.